The van der Waals surface area contributed by atoms with Gasteiger partial charge in [0.2, 0.25) is 0 Å². The van der Waals surface area contributed by atoms with Gasteiger partial charge in [-0.05, 0) is 5.56 Å². The molecular formula is C8H8FNO2. The normalized spacial score (nSPS) is 12.4. The average Bonchev–Trinajstić information content (AvgIpc) is 2.06. The molecule has 0 bridgehead atoms. The summed E-state index contributed by atoms with van der Waals surface area (Å²) in [5, 5.41) is 9.93. The van der Waals surface area contributed by atoms with Crippen LogP contribution in [0.4, 0.5) is 4.39 Å². The highest BCUT2D eigenvalue weighted by atomic mass is 19.1. The molecule has 64 valence electrons. The molecule has 0 radical (unpaired) electrons. The summed E-state index contributed by atoms with van der Waals surface area (Å²) in [5.41, 5.74) is 0.640. The number of benzene rings is 1. The molecule has 1 aromatic carbocycles. The first kappa shape index (κ1) is 8.64. The molecule has 0 aliphatic heterocycles. The second-order valence-electron chi connectivity index (χ2n) is 2.41. The Morgan fingerprint density at radius 2 is 2.00 bits per heavy atom. The molecule has 0 saturated heterocycles. The Kier molecular flexibility index (Phi) is 2.74. The third-order valence-electron chi connectivity index (χ3n) is 1.48. The number of rotatable bonds is 3. The molecule has 0 fully saturated rings. The topological polar surface area (TPSA) is 43.1 Å². The van der Waals surface area contributed by atoms with E-state index >= 15 is 0 Å². The summed E-state index contributed by atoms with van der Waals surface area (Å²) in [6.07, 6.45) is -2.15. The average molecular weight is 169 g/mol. The molecule has 0 spiro atoms. The molecule has 0 amide bonds. The highest BCUT2D eigenvalue weighted by Gasteiger charge is 2.17. The van der Waals surface area contributed by atoms with Crippen LogP contribution in [0, 0.1) is 10.1 Å². The van der Waals surface area contributed by atoms with Gasteiger partial charge >= 0.3 is 6.30 Å². The maximum atomic E-state index is 12.5. The minimum atomic E-state index is -1.99. The van der Waals surface area contributed by atoms with Crippen LogP contribution in [-0.2, 0) is 6.42 Å². The second-order valence-corrected chi connectivity index (χ2v) is 2.41. The van der Waals surface area contributed by atoms with E-state index in [2.05, 4.69) is 0 Å². The number of hydrogen-bond acceptors (Lipinski definition) is 2. The van der Waals surface area contributed by atoms with Crippen molar-refractivity contribution in [3.05, 3.63) is 46.0 Å². The van der Waals surface area contributed by atoms with Crippen LogP contribution in [-0.4, -0.2) is 11.2 Å². The molecule has 0 aromatic heterocycles. The molecule has 4 heteroatoms. The standard InChI is InChI=1S/C8H8FNO2/c9-8(10(11)12)6-7-4-2-1-3-5-7/h1-5,8H,6H2/t8-/m1/s1. The van der Waals surface area contributed by atoms with Crippen LogP contribution >= 0.6 is 0 Å². The van der Waals surface area contributed by atoms with E-state index in [-0.39, 0.29) is 6.42 Å². The third-order valence-corrected chi connectivity index (χ3v) is 1.48. The van der Waals surface area contributed by atoms with Gasteiger partial charge in [-0.25, -0.2) is 0 Å². The first-order valence-electron chi connectivity index (χ1n) is 3.51. The van der Waals surface area contributed by atoms with Crippen LogP contribution in [0.3, 0.4) is 0 Å². The van der Waals surface area contributed by atoms with Gasteiger partial charge in [-0.1, -0.05) is 30.3 Å². The monoisotopic (exact) mass is 169 g/mol. The van der Waals surface area contributed by atoms with Gasteiger partial charge in [0, 0.05) is 0 Å². The van der Waals surface area contributed by atoms with E-state index in [1.807, 2.05) is 0 Å². The smallest absolute Gasteiger partial charge is 0.262 e. The fourth-order valence-electron chi connectivity index (χ4n) is 0.883. The lowest BCUT2D eigenvalue weighted by molar-refractivity contribution is -0.552. The summed E-state index contributed by atoms with van der Waals surface area (Å²) in [6.45, 7) is 0. The quantitative estimate of drug-likeness (QED) is 0.393. The molecule has 1 aromatic rings. The van der Waals surface area contributed by atoms with Crippen molar-refractivity contribution in [2.45, 2.75) is 12.7 Å². The molecule has 0 N–H and O–H groups in total. The lowest BCUT2D eigenvalue weighted by Gasteiger charge is -1.99. The molecule has 12 heavy (non-hydrogen) atoms. The van der Waals surface area contributed by atoms with Gasteiger partial charge in [-0.2, -0.15) is 4.39 Å². The van der Waals surface area contributed by atoms with Gasteiger partial charge in [-0.15, -0.1) is 0 Å². The van der Waals surface area contributed by atoms with Gasteiger partial charge in [0.05, 0.1) is 11.3 Å². The number of hydrogen-bond donors (Lipinski definition) is 0. The molecule has 0 saturated carbocycles. The Morgan fingerprint density at radius 1 is 1.42 bits per heavy atom. The van der Waals surface area contributed by atoms with E-state index in [1.165, 1.54) is 0 Å². The largest absolute Gasteiger partial charge is 0.353 e. The molecule has 1 rings (SSSR count). The molecule has 3 nitrogen and oxygen atoms in total. The van der Waals surface area contributed by atoms with Crippen molar-refractivity contribution in [2.75, 3.05) is 0 Å². The van der Waals surface area contributed by atoms with E-state index in [9.17, 15) is 14.5 Å². The molecule has 0 unspecified atom stereocenters. The predicted octanol–water partition coefficient (Wildman–Crippen LogP) is 1.80. The first-order chi connectivity index (χ1) is 5.70. The van der Waals surface area contributed by atoms with Gasteiger partial charge in [-0.3, -0.25) is 10.1 Å². The third kappa shape index (κ3) is 2.30. The Morgan fingerprint density at radius 3 is 2.50 bits per heavy atom. The van der Waals surface area contributed by atoms with Crippen molar-refractivity contribution in [3.63, 3.8) is 0 Å². The highest BCUT2D eigenvalue weighted by molar-refractivity contribution is 5.14. The zero-order valence-corrected chi connectivity index (χ0v) is 6.31. The summed E-state index contributed by atoms with van der Waals surface area (Å²) in [4.78, 5) is 9.01. The van der Waals surface area contributed by atoms with Crippen molar-refractivity contribution in [3.8, 4) is 0 Å². The molecule has 1 atom stereocenters. The van der Waals surface area contributed by atoms with Crippen molar-refractivity contribution >= 4 is 0 Å². The molecule has 0 aliphatic rings. The van der Waals surface area contributed by atoms with Gasteiger partial charge in [0.1, 0.15) is 0 Å². The molecule has 0 aliphatic carbocycles. The number of nitrogens with zero attached hydrogens (tertiary/aromatic N) is 1. The SMILES string of the molecule is O=[N+]([O-])[C@@H](F)Cc1ccccc1. The zero-order chi connectivity index (χ0) is 8.97. The summed E-state index contributed by atoms with van der Waals surface area (Å²) < 4.78 is 12.5. The lowest BCUT2D eigenvalue weighted by atomic mass is 10.1. The Balaban J connectivity index is 2.58. The van der Waals surface area contributed by atoms with Crippen LogP contribution in [0.5, 0.6) is 0 Å². The lowest BCUT2D eigenvalue weighted by Crippen LogP contribution is -2.15. The fraction of sp³-hybridized carbons (Fsp3) is 0.250. The van der Waals surface area contributed by atoms with Gasteiger partial charge in [0.25, 0.3) is 0 Å². The van der Waals surface area contributed by atoms with E-state index in [0.29, 0.717) is 5.56 Å². The van der Waals surface area contributed by atoms with Crippen LogP contribution in [0.25, 0.3) is 0 Å². The maximum Gasteiger partial charge on any atom is 0.353 e. The summed E-state index contributed by atoms with van der Waals surface area (Å²) >= 11 is 0. The summed E-state index contributed by atoms with van der Waals surface area (Å²) in [7, 11) is 0. The Labute approximate surface area is 69.0 Å². The van der Waals surface area contributed by atoms with Crippen molar-refractivity contribution < 1.29 is 9.31 Å². The first-order valence-corrected chi connectivity index (χ1v) is 3.51. The summed E-state index contributed by atoms with van der Waals surface area (Å²) in [6, 6.07) is 8.55. The van der Waals surface area contributed by atoms with Crippen LogP contribution in [0.15, 0.2) is 30.3 Å². The van der Waals surface area contributed by atoms with Crippen LogP contribution in [0.1, 0.15) is 5.56 Å². The maximum absolute atomic E-state index is 12.5. The van der Waals surface area contributed by atoms with E-state index in [1.54, 1.807) is 30.3 Å². The van der Waals surface area contributed by atoms with E-state index in [4.69, 9.17) is 0 Å². The number of halogens is 1. The van der Waals surface area contributed by atoms with Crippen LogP contribution in [0.2, 0.25) is 0 Å². The Hall–Kier alpha value is -1.45. The second kappa shape index (κ2) is 3.80. The molecule has 0 heterocycles. The minimum absolute atomic E-state index is 0.159. The number of alkyl halides is 1. The van der Waals surface area contributed by atoms with Gasteiger partial charge < -0.3 is 0 Å². The van der Waals surface area contributed by atoms with E-state index < -0.39 is 11.2 Å². The fourth-order valence-corrected chi connectivity index (χ4v) is 0.883. The predicted molar refractivity (Wildman–Crippen MR) is 42.0 cm³/mol. The van der Waals surface area contributed by atoms with Gasteiger partial charge in [0.15, 0.2) is 0 Å². The van der Waals surface area contributed by atoms with Crippen molar-refractivity contribution in [2.24, 2.45) is 0 Å². The summed E-state index contributed by atoms with van der Waals surface area (Å²) in [5.74, 6) is 0. The number of nitro groups is 1. The highest BCUT2D eigenvalue weighted by Crippen LogP contribution is 2.05. The van der Waals surface area contributed by atoms with Crippen molar-refractivity contribution in [1.82, 2.24) is 0 Å². The Bertz CT molecular complexity index is 263. The van der Waals surface area contributed by atoms with E-state index in [0.717, 1.165) is 0 Å². The van der Waals surface area contributed by atoms with Crippen LogP contribution < -0.4 is 0 Å². The molecular weight excluding hydrogens is 161 g/mol. The minimum Gasteiger partial charge on any atom is -0.262 e. The zero-order valence-electron chi connectivity index (χ0n) is 6.31. The van der Waals surface area contributed by atoms with Crippen molar-refractivity contribution in [1.29, 1.82) is 0 Å².